The highest BCUT2D eigenvalue weighted by atomic mass is 33.1. The topological polar surface area (TPSA) is 20.5 Å². The fourth-order valence-electron chi connectivity index (χ4n) is 2.25. The van der Waals surface area contributed by atoms with E-state index in [0.717, 1.165) is 13.0 Å². The summed E-state index contributed by atoms with van der Waals surface area (Å²) in [5, 5.41) is 2.28. The van der Waals surface area contributed by atoms with Gasteiger partial charge < -0.3 is 5.32 Å². The van der Waals surface area contributed by atoms with E-state index in [1.807, 2.05) is 21.6 Å². The van der Waals surface area contributed by atoms with E-state index in [0.29, 0.717) is 0 Å². The van der Waals surface area contributed by atoms with Crippen molar-refractivity contribution in [3.8, 4) is 0 Å². The first-order chi connectivity index (χ1) is 11.8. The molecule has 0 saturated carbocycles. The second kappa shape index (κ2) is 15.8. The second-order valence-electron chi connectivity index (χ2n) is 5.84. The molecule has 0 atom stereocenters. The van der Waals surface area contributed by atoms with Crippen molar-refractivity contribution in [2.45, 2.75) is 52.5 Å². The number of quaternary nitrogens is 1. The summed E-state index contributed by atoms with van der Waals surface area (Å²) in [5.41, 5.74) is 1.35. The monoisotopic (exact) mass is 366 g/mol. The van der Waals surface area contributed by atoms with Crippen LogP contribution in [-0.4, -0.2) is 18.1 Å². The Morgan fingerprint density at radius 1 is 1.04 bits per heavy atom. The smallest absolute Gasteiger partial charge is 0.178 e. The molecule has 2 N–H and O–H groups in total. The Labute approximate surface area is 156 Å². The third kappa shape index (κ3) is 11.8. The van der Waals surface area contributed by atoms with Crippen molar-refractivity contribution < 1.29 is 9.88 Å². The summed E-state index contributed by atoms with van der Waals surface area (Å²) in [4.78, 5) is 0. The van der Waals surface area contributed by atoms with Crippen molar-refractivity contribution in [2.24, 2.45) is 0 Å². The zero-order valence-corrected chi connectivity index (χ0v) is 17.0. The van der Waals surface area contributed by atoms with E-state index in [4.69, 9.17) is 0 Å². The standard InChI is InChI=1S/C20H33N2S2/c1-3-4-5-7-14-21-15-8-11-18-23-24-19-12-10-17-22-16-9-6-13-20(22)2/h4-7,9,13-14,16,21H,3,8,10-12,15,17-19H2,1-2H3/q+1/p+1/b5-4-,14-7-. The van der Waals surface area contributed by atoms with Crippen LogP contribution in [0.4, 0.5) is 0 Å². The fourth-order valence-corrected chi connectivity index (χ4v) is 4.54. The van der Waals surface area contributed by atoms with E-state index in [2.05, 4.69) is 72.6 Å². The average Bonchev–Trinajstić information content (AvgIpc) is 2.60. The van der Waals surface area contributed by atoms with Gasteiger partial charge >= 0.3 is 0 Å². The van der Waals surface area contributed by atoms with Crippen LogP contribution in [0.15, 0.2) is 48.8 Å². The van der Waals surface area contributed by atoms with Gasteiger partial charge in [0.25, 0.3) is 0 Å². The Hall–Kier alpha value is -0.710. The van der Waals surface area contributed by atoms with Crippen molar-refractivity contribution in [3.63, 3.8) is 0 Å². The number of rotatable bonds is 14. The highest BCUT2D eigenvalue weighted by Crippen LogP contribution is 2.23. The van der Waals surface area contributed by atoms with Crippen molar-refractivity contribution in [2.75, 3.05) is 18.1 Å². The summed E-state index contributed by atoms with van der Waals surface area (Å²) in [6, 6.07) is 6.41. The Morgan fingerprint density at radius 3 is 2.58 bits per heavy atom. The number of nitrogens with zero attached hydrogens (tertiary/aromatic N) is 1. The molecule has 0 aliphatic rings. The first-order valence-corrected chi connectivity index (χ1v) is 11.7. The molecule has 0 aliphatic heterocycles. The van der Waals surface area contributed by atoms with Crippen LogP contribution < -0.4 is 9.88 Å². The molecule has 0 aromatic carbocycles. The second-order valence-corrected chi connectivity index (χ2v) is 8.54. The summed E-state index contributed by atoms with van der Waals surface area (Å²) in [6.07, 6.45) is 17.1. The summed E-state index contributed by atoms with van der Waals surface area (Å²) in [5.74, 6) is 2.56. The van der Waals surface area contributed by atoms with Crippen LogP contribution in [0.5, 0.6) is 0 Å². The van der Waals surface area contributed by atoms with E-state index >= 15 is 0 Å². The quantitative estimate of drug-likeness (QED) is 0.230. The molecule has 0 radical (unpaired) electrons. The molecular weight excluding hydrogens is 332 g/mol. The summed E-state index contributed by atoms with van der Waals surface area (Å²) < 4.78 is 2.35. The van der Waals surface area contributed by atoms with E-state index < -0.39 is 0 Å². The van der Waals surface area contributed by atoms with Gasteiger partial charge in [-0.2, -0.15) is 0 Å². The van der Waals surface area contributed by atoms with Crippen LogP contribution >= 0.6 is 21.6 Å². The molecule has 0 aliphatic carbocycles. The Kier molecular flexibility index (Phi) is 14.0. The van der Waals surface area contributed by atoms with Crippen molar-refractivity contribution in [1.82, 2.24) is 0 Å². The van der Waals surface area contributed by atoms with Gasteiger partial charge in [0.15, 0.2) is 11.9 Å². The SMILES string of the molecule is CC/C=C\C=C/[NH2+]CCCCSSCCCC[n+]1ccccc1C. The molecule has 1 aromatic heterocycles. The van der Waals surface area contributed by atoms with Gasteiger partial charge in [-0.25, -0.2) is 4.57 Å². The maximum atomic E-state index is 2.35. The van der Waals surface area contributed by atoms with Gasteiger partial charge in [-0.1, -0.05) is 46.7 Å². The zero-order valence-electron chi connectivity index (χ0n) is 15.3. The van der Waals surface area contributed by atoms with Crippen LogP contribution in [0.2, 0.25) is 0 Å². The lowest BCUT2D eigenvalue weighted by molar-refractivity contribution is -0.703. The molecule has 0 bridgehead atoms. The van der Waals surface area contributed by atoms with Gasteiger partial charge in [-0.05, 0) is 31.8 Å². The lowest BCUT2D eigenvalue weighted by Crippen LogP contribution is -2.77. The highest BCUT2D eigenvalue weighted by Gasteiger charge is 2.03. The predicted molar refractivity (Wildman–Crippen MR) is 110 cm³/mol. The number of hydrogen-bond donors (Lipinski definition) is 1. The zero-order chi connectivity index (χ0) is 17.3. The molecule has 2 nitrogen and oxygen atoms in total. The maximum Gasteiger partial charge on any atom is 0.178 e. The molecule has 1 heterocycles. The third-order valence-electron chi connectivity index (χ3n) is 3.71. The first kappa shape index (κ1) is 21.3. The minimum Gasteiger partial charge on any atom is -0.320 e. The number of nitrogens with two attached hydrogens (primary N) is 1. The van der Waals surface area contributed by atoms with E-state index in [-0.39, 0.29) is 0 Å². The van der Waals surface area contributed by atoms with Crippen molar-refractivity contribution in [1.29, 1.82) is 0 Å². The largest absolute Gasteiger partial charge is 0.320 e. The molecule has 0 amide bonds. The lowest BCUT2D eigenvalue weighted by atomic mass is 10.3. The normalized spacial score (nSPS) is 11.8. The minimum absolute atomic E-state index is 1.12. The van der Waals surface area contributed by atoms with Gasteiger partial charge in [-0.15, -0.1) is 0 Å². The number of unbranched alkanes of at least 4 members (excludes halogenated alkanes) is 2. The van der Waals surface area contributed by atoms with Crippen LogP contribution in [0, 0.1) is 6.92 Å². The number of aryl methyl sites for hydroxylation is 2. The van der Waals surface area contributed by atoms with E-state index in [1.54, 1.807) is 0 Å². The van der Waals surface area contributed by atoms with Gasteiger partial charge in [0.05, 0.1) is 12.7 Å². The van der Waals surface area contributed by atoms with Crippen LogP contribution in [0.3, 0.4) is 0 Å². The molecule has 0 unspecified atom stereocenters. The molecular formula is C20H34N2S2+2. The number of hydrogen-bond acceptors (Lipinski definition) is 2. The molecule has 134 valence electrons. The van der Waals surface area contributed by atoms with Crippen LogP contribution in [0.1, 0.15) is 44.7 Å². The fraction of sp³-hybridized carbons (Fsp3) is 0.550. The number of allylic oxidation sites excluding steroid dienone is 3. The van der Waals surface area contributed by atoms with Gasteiger partial charge in [0, 0.05) is 37.0 Å². The van der Waals surface area contributed by atoms with Gasteiger partial charge in [0.2, 0.25) is 0 Å². The van der Waals surface area contributed by atoms with Crippen LogP contribution in [0.25, 0.3) is 0 Å². The molecule has 0 saturated heterocycles. The van der Waals surface area contributed by atoms with Crippen molar-refractivity contribution in [3.05, 3.63) is 54.5 Å². The molecule has 4 heteroatoms. The molecule has 24 heavy (non-hydrogen) atoms. The van der Waals surface area contributed by atoms with Gasteiger partial charge in [0.1, 0.15) is 6.54 Å². The molecule has 1 aromatic rings. The highest BCUT2D eigenvalue weighted by molar-refractivity contribution is 8.76. The van der Waals surface area contributed by atoms with E-state index in [9.17, 15) is 0 Å². The molecule has 0 spiro atoms. The van der Waals surface area contributed by atoms with E-state index in [1.165, 1.54) is 49.4 Å². The predicted octanol–water partition coefficient (Wildman–Crippen LogP) is 4.27. The lowest BCUT2D eigenvalue weighted by Gasteiger charge is -2.02. The number of aromatic nitrogens is 1. The average molecular weight is 367 g/mol. The van der Waals surface area contributed by atoms with Crippen molar-refractivity contribution >= 4 is 21.6 Å². The summed E-state index contributed by atoms with van der Waals surface area (Å²) >= 11 is 0. The molecule has 0 fully saturated rings. The maximum absolute atomic E-state index is 2.35. The summed E-state index contributed by atoms with van der Waals surface area (Å²) in [7, 11) is 4.09. The Balaban J connectivity index is 1.83. The minimum atomic E-state index is 1.12. The summed E-state index contributed by atoms with van der Waals surface area (Å²) in [6.45, 7) is 6.69. The van der Waals surface area contributed by atoms with Gasteiger partial charge in [-0.3, -0.25) is 0 Å². The van der Waals surface area contributed by atoms with Crippen LogP contribution in [-0.2, 0) is 6.54 Å². The third-order valence-corrected chi connectivity index (χ3v) is 6.28. The Bertz CT molecular complexity index is 472. The first-order valence-electron chi connectivity index (χ1n) is 9.19. The number of pyridine rings is 1. The molecule has 1 rings (SSSR count). The Morgan fingerprint density at radius 2 is 1.83 bits per heavy atom.